The highest BCUT2D eigenvalue weighted by molar-refractivity contribution is 6.08. The monoisotopic (exact) mass is 359 g/mol. The normalized spacial score (nSPS) is 21.0. The van der Waals surface area contributed by atoms with Gasteiger partial charge in [0.1, 0.15) is 11.8 Å². The molecule has 3 aromatic rings. The first kappa shape index (κ1) is 15.8. The third-order valence-corrected chi connectivity index (χ3v) is 5.31. The van der Waals surface area contributed by atoms with Crippen LogP contribution in [0.2, 0.25) is 0 Å². The summed E-state index contributed by atoms with van der Waals surface area (Å²) in [6.07, 6.45) is 2.86. The number of fused-ring (bicyclic) bond motifs is 2. The van der Waals surface area contributed by atoms with Gasteiger partial charge >= 0.3 is 6.03 Å². The maximum atomic E-state index is 13.2. The van der Waals surface area contributed by atoms with Crippen molar-refractivity contribution in [1.82, 2.24) is 15.2 Å². The van der Waals surface area contributed by atoms with E-state index in [1.807, 2.05) is 54.6 Å². The number of hydrogen-bond donors (Lipinski definition) is 1. The minimum atomic E-state index is -0.945. The standard InChI is InChI=1S/C21H17N3O3/c25-19-21(11-10-14-6-4-5-9-17(14)21)23-20(26)24(19)12-16-13-27-18(22-16)15-7-2-1-3-8-15/h1-9,13H,10-12H2,(H,23,26). The summed E-state index contributed by atoms with van der Waals surface area (Å²) < 4.78 is 5.52. The number of hydrogen-bond acceptors (Lipinski definition) is 4. The van der Waals surface area contributed by atoms with Crippen molar-refractivity contribution >= 4 is 11.9 Å². The quantitative estimate of drug-likeness (QED) is 0.729. The highest BCUT2D eigenvalue weighted by Crippen LogP contribution is 2.41. The predicted octanol–water partition coefficient (Wildman–Crippen LogP) is 3.24. The van der Waals surface area contributed by atoms with Crippen LogP contribution in [0, 0.1) is 0 Å². The van der Waals surface area contributed by atoms with Gasteiger partial charge in [-0.2, -0.15) is 0 Å². The van der Waals surface area contributed by atoms with Gasteiger partial charge in [0.2, 0.25) is 5.89 Å². The minimum Gasteiger partial charge on any atom is -0.444 e. The molecule has 0 saturated carbocycles. The topological polar surface area (TPSA) is 75.4 Å². The molecule has 6 heteroatoms. The Morgan fingerprint density at radius 1 is 1.07 bits per heavy atom. The number of carbonyl (C=O) groups excluding carboxylic acids is 2. The van der Waals surface area contributed by atoms with Crippen LogP contribution in [-0.2, 0) is 23.3 Å². The molecular formula is C21H17N3O3. The molecule has 1 spiro atoms. The molecule has 1 fully saturated rings. The molecule has 1 aliphatic carbocycles. The highest BCUT2D eigenvalue weighted by Gasteiger charge is 2.55. The van der Waals surface area contributed by atoms with Crippen molar-refractivity contribution < 1.29 is 14.0 Å². The Morgan fingerprint density at radius 3 is 2.70 bits per heavy atom. The summed E-state index contributed by atoms with van der Waals surface area (Å²) in [6.45, 7) is 0.0882. The van der Waals surface area contributed by atoms with Crippen LogP contribution in [0.15, 0.2) is 65.3 Å². The van der Waals surface area contributed by atoms with Crippen LogP contribution in [0.1, 0.15) is 23.2 Å². The average molecular weight is 359 g/mol. The van der Waals surface area contributed by atoms with Crippen LogP contribution in [0.3, 0.4) is 0 Å². The van der Waals surface area contributed by atoms with Crippen molar-refractivity contribution in [1.29, 1.82) is 0 Å². The third kappa shape index (κ3) is 2.37. The zero-order valence-electron chi connectivity index (χ0n) is 14.5. The fourth-order valence-electron chi connectivity index (χ4n) is 3.99. The van der Waals surface area contributed by atoms with E-state index in [4.69, 9.17) is 4.42 Å². The lowest BCUT2D eigenvalue weighted by Gasteiger charge is -2.22. The maximum absolute atomic E-state index is 13.2. The van der Waals surface area contributed by atoms with Gasteiger partial charge in [-0.3, -0.25) is 9.69 Å². The lowest BCUT2D eigenvalue weighted by atomic mass is 9.92. The molecule has 0 radical (unpaired) electrons. The van der Waals surface area contributed by atoms with E-state index in [-0.39, 0.29) is 18.5 Å². The zero-order chi connectivity index (χ0) is 18.4. The number of nitrogens with zero attached hydrogens (tertiary/aromatic N) is 2. The van der Waals surface area contributed by atoms with Crippen molar-refractivity contribution in [2.24, 2.45) is 0 Å². The van der Waals surface area contributed by atoms with Gasteiger partial charge < -0.3 is 9.73 Å². The van der Waals surface area contributed by atoms with Crippen molar-refractivity contribution in [2.45, 2.75) is 24.9 Å². The summed E-state index contributed by atoms with van der Waals surface area (Å²) in [4.78, 5) is 31.4. The molecule has 1 aromatic heterocycles. The number of oxazole rings is 1. The number of benzene rings is 2. The lowest BCUT2D eigenvalue weighted by Crippen LogP contribution is -2.41. The summed E-state index contributed by atoms with van der Waals surface area (Å²) in [6, 6.07) is 16.9. The van der Waals surface area contributed by atoms with E-state index in [9.17, 15) is 9.59 Å². The smallest absolute Gasteiger partial charge is 0.325 e. The molecule has 1 atom stereocenters. The van der Waals surface area contributed by atoms with E-state index in [1.54, 1.807) is 0 Å². The predicted molar refractivity (Wildman–Crippen MR) is 97.5 cm³/mol. The Balaban J connectivity index is 1.42. The molecule has 1 N–H and O–H groups in total. The molecule has 2 aromatic carbocycles. The lowest BCUT2D eigenvalue weighted by molar-refractivity contribution is -0.132. The summed E-state index contributed by atoms with van der Waals surface area (Å²) in [7, 11) is 0. The van der Waals surface area contributed by atoms with Crippen molar-refractivity contribution in [3.8, 4) is 11.5 Å². The fraction of sp³-hybridized carbons (Fsp3) is 0.190. The van der Waals surface area contributed by atoms with Crippen LogP contribution in [0.25, 0.3) is 11.5 Å². The van der Waals surface area contributed by atoms with Gasteiger partial charge in [-0.05, 0) is 36.1 Å². The number of urea groups is 1. The molecule has 2 heterocycles. The molecule has 3 amide bonds. The van der Waals surface area contributed by atoms with Crippen molar-refractivity contribution in [3.05, 3.63) is 77.7 Å². The maximum Gasteiger partial charge on any atom is 0.325 e. The van der Waals surface area contributed by atoms with E-state index < -0.39 is 5.54 Å². The fourth-order valence-corrected chi connectivity index (χ4v) is 3.99. The molecular weight excluding hydrogens is 342 g/mol. The first-order chi connectivity index (χ1) is 13.2. The van der Waals surface area contributed by atoms with E-state index in [0.717, 1.165) is 23.1 Å². The molecule has 134 valence electrons. The minimum absolute atomic E-state index is 0.0882. The summed E-state index contributed by atoms with van der Waals surface area (Å²) in [5.74, 6) is 0.250. The van der Waals surface area contributed by atoms with Crippen molar-refractivity contribution in [3.63, 3.8) is 0 Å². The molecule has 1 saturated heterocycles. The zero-order valence-corrected chi connectivity index (χ0v) is 14.5. The van der Waals surface area contributed by atoms with Gasteiger partial charge in [0, 0.05) is 5.56 Å². The molecule has 1 unspecified atom stereocenters. The Hall–Kier alpha value is -3.41. The molecule has 27 heavy (non-hydrogen) atoms. The van der Waals surface area contributed by atoms with Crippen LogP contribution in [0.5, 0.6) is 0 Å². The van der Waals surface area contributed by atoms with Gasteiger partial charge in [-0.25, -0.2) is 9.78 Å². The largest absolute Gasteiger partial charge is 0.444 e. The van der Waals surface area contributed by atoms with Crippen LogP contribution < -0.4 is 5.32 Å². The first-order valence-corrected chi connectivity index (χ1v) is 8.90. The van der Waals surface area contributed by atoms with Crippen molar-refractivity contribution in [2.75, 3.05) is 0 Å². The van der Waals surface area contributed by atoms with Gasteiger partial charge in [0.25, 0.3) is 5.91 Å². The van der Waals surface area contributed by atoms with Crippen LogP contribution >= 0.6 is 0 Å². The number of rotatable bonds is 3. The van der Waals surface area contributed by atoms with Gasteiger partial charge in [0.05, 0.1) is 12.2 Å². The molecule has 5 rings (SSSR count). The number of aromatic nitrogens is 1. The second-order valence-corrected chi connectivity index (χ2v) is 6.89. The van der Waals surface area contributed by atoms with E-state index >= 15 is 0 Å². The van der Waals surface area contributed by atoms with Crippen LogP contribution in [-0.4, -0.2) is 21.8 Å². The van der Waals surface area contributed by atoms with Gasteiger partial charge in [-0.1, -0.05) is 42.5 Å². The molecule has 2 aliphatic rings. The Bertz CT molecular complexity index is 1040. The Labute approximate surface area is 155 Å². The molecule has 1 aliphatic heterocycles. The van der Waals surface area contributed by atoms with Gasteiger partial charge in [-0.15, -0.1) is 0 Å². The molecule has 0 bridgehead atoms. The van der Waals surface area contributed by atoms with E-state index in [2.05, 4.69) is 10.3 Å². The first-order valence-electron chi connectivity index (χ1n) is 8.90. The third-order valence-electron chi connectivity index (χ3n) is 5.31. The summed E-state index contributed by atoms with van der Waals surface area (Å²) in [5, 5.41) is 2.92. The highest BCUT2D eigenvalue weighted by atomic mass is 16.3. The van der Waals surface area contributed by atoms with E-state index in [1.165, 1.54) is 11.2 Å². The second-order valence-electron chi connectivity index (χ2n) is 6.89. The number of aryl methyl sites for hydroxylation is 1. The van der Waals surface area contributed by atoms with E-state index in [0.29, 0.717) is 18.0 Å². The summed E-state index contributed by atoms with van der Waals surface area (Å²) in [5.41, 5.74) is 2.46. The average Bonchev–Trinajstić information content (AvgIpc) is 3.38. The molecule has 6 nitrogen and oxygen atoms in total. The number of carbonyl (C=O) groups is 2. The SMILES string of the molecule is O=C1NC2(CCc3ccccc32)C(=O)N1Cc1coc(-c2ccccc2)n1. The van der Waals surface area contributed by atoms with Gasteiger partial charge in [0.15, 0.2) is 0 Å². The Morgan fingerprint density at radius 2 is 1.85 bits per heavy atom. The Kier molecular flexibility index (Phi) is 3.40. The summed E-state index contributed by atoms with van der Waals surface area (Å²) >= 11 is 0. The number of amides is 3. The second kappa shape index (κ2) is 5.81. The number of nitrogens with one attached hydrogen (secondary N) is 1. The van der Waals surface area contributed by atoms with Crippen LogP contribution in [0.4, 0.5) is 4.79 Å². The number of imide groups is 1.